The van der Waals surface area contributed by atoms with Crippen molar-refractivity contribution in [3.63, 3.8) is 0 Å². The molecule has 0 amide bonds. The molecule has 116 valence electrons. The van der Waals surface area contributed by atoms with E-state index < -0.39 is 0 Å². The van der Waals surface area contributed by atoms with Crippen LogP contribution in [0.3, 0.4) is 0 Å². The third-order valence-corrected chi connectivity index (χ3v) is 3.81. The van der Waals surface area contributed by atoms with Gasteiger partial charge in [0.05, 0.1) is 13.2 Å². The Bertz CT molecular complexity index is 445. The molecule has 6 heteroatoms. The molecular weight excluding hydrogens is 338 g/mol. The van der Waals surface area contributed by atoms with Crippen molar-refractivity contribution >= 4 is 21.9 Å². The molecule has 0 aromatic heterocycles. The number of hydrogen-bond donors (Lipinski definition) is 1. The van der Waals surface area contributed by atoms with Gasteiger partial charge in [-0.3, -0.25) is 0 Å². The van der Waals surface area contributed by atoms with E-state index in [-0.39, 0.29) is 18.7 Å². The minimum Gasteiger partial charge on any atom is -0.482 e. The maximum atomic E-state index is 11.7. The predicted octanol–water partition coefficient (Wildman–Crippen LogP) is 0.675. The van der Waals surface area contributed by atoms with Gasteiger partial charge in [-0.1, -0.05) is 15.9 Å². The Balaban J connectivity index is 1.67. The zero-order valence-electron chi connectivity index (χ0n) is 12.1. The molecular formula is C15H21BrNO4+. The van der Waals surface area contributed by atoms with E-state index in [2.05, 4.69) is 15.9 Å². The number of halogens is 1. The van der Waals surface area contributed by atoms with Gasteiger partial charge in [0.15, 0.2) is 6.61 Å². The minimum absolute atomic E-state index is 0.0651. The van der Waals surface area contributed by atoms with Crippen molar-refractivity contribution in [2.45, 2.75) is 13.0 Å². The lowest BCUT2D eigenvalue weighted by molar-refractivity contribution is -0.910. The molecule has 1 atom stereocenters. The van der Waals surface area contributed by atoms with Crippen molar-refractivity contribution in [3.8, 4) is 5.75 Å². The van der Waals surface area contributed by atoms with E-state index in [0.29, 0.717) is 5.75 Å². The van der Waals surface area contributed by atoms with E-state index >= 15 is 0 Å². The fourth-order valence-electron chi connectivity index (χ4n) is 2.24. The SMILES string of the molecule is C[C@H](C[NH+]1CCOCC1)OC(=O)COc1ccc(Br)cc1. The summed E-state index contributed by atoms with van der Waals surface area (Å²) in [6.07, 6.45) is -0.112. The highest BCUT2D eigenvalue weighted by Crippen LogP contribution is 2.15. The molecule has 1 aliphatic rings. The summed E-state index contributed by atoms with van der Waals surface area (Å²) in [5.74, 6) is 0.319. The van der Waals surface area contributed by atoms with E-state index in [0.717, 1.165) is 37.3 Å². The number of morpholine rings is 1. The molecule has 1 aromatic rings. The summed E-state index contributed by atoms with van der Waals surface area (Å²) in [6.45, 7) is 6.16. The second kappa shape index (κ2) is 8.36. The number of nitrogens with one attached hydrogen (secondary N) is 1. The number of carbonyl (C=O) groups excluding carboxylic acids is 1. The Morgan fingerprint density at radius 2 is 2.00 bits per heavy atom. The molecule has 1 fully saturated rings. The van der Waals surface area contributed by atoms with Gasteiger partial charge in [0.2, 0.25) is 0 Å². The molecule has 0 unspecified atom stereocenters. The van der Waals surface area contributed by atoms with Crippen LogP contribution in [0.25, 0.3) is 0 Å². The minimum atomic E-state index is -0.335. The lowest BCUT2D eigenvalue weighted by atomic mass is 10.3. The first-order valence-corrected chi connectivity index (χ1v) is 7.92. The quantitative estimate of drug-likeness (QED) is 0.759. The Hall–Kier alpha value is -1.11. The zero-order valence-corrected chi connectivity index (χ0v) is 13.7. The van der Waals surface area contributed by atoms with Gasteiger partial charge in [-0.2, -0.15) is 0 Å². The van der Waals surface area contributed by atoms with Gasteiger partial charge in [0.25, 0.3) is 0 Å². The van der Waals surface area contributed by atoms with Crippen LogP contribution in [0.5, 0.6) is 5.75 Å². The first-order valence-electron chi connectivity index (χ1n) is 7.12. The second-order valence-electron chi connectivity index (χ2n) is 5.11. The van der Waals surface area contributed by atoms with Crippen molar-refractivity contribution < 1.29 is 23.9 Å². The highest BCUT2D eigenvalue weighted by Gasteiger charge is 2.19. The average molecular weight is 359 g/mol. The van der Waals surface area contributed by atoms with Gasteiger partial charge in [-0.05, 0) is 31.2 Å². The van der Waals surface area contributed by atoms with Gasteiger partial charge < -0.3 is 19.1 Å². The Kier molecular flexibility index (Phi) is 6.48. The fraction of sp³-hybridized carbons (Fsp3) is 0.533. The maximum Gasteiger partial charge on any atom is 0.344 e. The van der Waals surface area contributed by atoms with Crippen LogP contribution in [0.2, 0.25) is 0 Å². The van der Waals surface area contributed by atoms with Gasteiger partial charge in [-0.25, -0.2) is 4.79 Å². The lowest BCUT2D eigenvalue weighted by Gasteiger charge is -2.26. The van der Waals surface area contributed by atoms with E-state index in [1.165, 1.54) is 4.90 Å². The van der Waals surface area contributed by atoms with Crippen molar-refractivity contribution in [1.82, 2.24) is 0 Å². The van der Waals surface area contributed by atoms with Crippen LogP contribution in [0, 0.1) is 0 Å². The molecule has 1 aliphatic heterocycles. The number of carbonyl (C=O) groups is 1. The van der Waals surface area contributed by atoms with Gasteiger partial charge in [0, 0.05) is 4.47 Å². The van der Waals surface area contributed by atoms with Gasteiger partial charge in [-0.15, -0.1) is 0 Å². The summed E-state index contributed by atoms with van der Waals surface area (Å²) < 4.78 is 17.0. The number of rotatable bonds is 6. The van der Waals surface area contributed by atoms with Crippen LogP contribution >= 0.6 is 15.9 Å². The molecule has 5 nitrogen and oxygen atoms in total. The normalized spacial score (nSPS) is 17.2. The fourth-order valence-corrected chi connectivity index (χ4v) is 2.51. The molecule has 1 heterocycles. The molecule has 0 radical (unpaired) electrons. The molecule has 1 aromatic carbocycles. The van der Waals surface area contributed by atoms with E-state index in [4.69, 9.17) is 14.2 Å². The third-order valence-electron chi connectivity index (χ3n) is 3.28. The highest BCUT2D eigenvalue weighted by atomic mass is 79.9. The van der Waals surface area contributed by atoms with Crippen LogP contribution in [0.15, 0.2) is 28.7 Å². The second-order valence-corrected chi connectivity index (χ2v) is 6.03. The van der Waals surface area contributed by atoms with Crippen molar-refractivity contribution in [2.75, 3.05) is 39.5 Å². The van der Waals surface area contributed by atoms with Crippen LogP contribution < -0.4 is 9.64 Å². The Morgan fingerprint density at radius 3 is 2.67 bits per heavy atom. The van der Waals surface area contributed by atoms with Crippen molar-refractivity contribution in [3.05, 3.63) is 28.7 Å². The van der Waals surface area contributed by atoms with Crippen LogP contribution in [-0.4, -0.2) is 51.5 Å². The number of esters is 1. The van der Waals surface area contributed by atoms with Crippen molar-refractivity contribution in [1.29, 1.82) is 0 Å². The topological polar surface area (TPSA) is 49.2 Å². The molecule has 1 N–H and O–H groups in total. The van der Waals surface area contributed by atoms with E-state index in [1.807, 2.05) is 19.1 Å². The summed E-state index contributed by atoms with van der Waals surface area (Å²) in [4.78, 5) is 13.2. The van der Waals surface area contributed by atoms with E-state index in [1.54, 1.807) is 12.1 Å². The molecule has 0 bridgehead atoms. The largest absolute Gasteiger partial charge is 0.482 e. The molecule has 21 heavy (non-hydrogen) atoms. The number of ether oxygens (including phenoxy) is 3. The Morgan fingerprint density at radius 1 is 1.33 bits per heavy atom. The molecule has 0 aliphatic carbocycles. The first kappa shape index (κ1) is 16.3. The highest BCUT2D eigenvalue weighted by molar-refractivity contribution is 9.10. The summed E-state index contributed by atoms with van der Waals surface area (Å²) in [5, 5.41) is 0. The first-order chi connectivity index (χ1) is 10.1. The zero-order chi connectivity index (χ0) is 15.1. The lowest BCUT2D eigenvalue weighted by Crippen LogP contribution is -3.15. The smallest absolute Gasteiger partial charge is 0.344 e. The predicted molar refractivity (Wildman–Crippen MR) is 81.6 cm³/mol. The standard InChI is InChI=1S/C15H20BrNO4/c1-12(10-17-6-8-19-9-7-17)21-15(18)11-20-14-4-2-13(16)3-5-14/h2-5,12H,6-11H2,1H3/p+1/t12-/m1/s1. The summed E-state index contributed by atoms with van der Waals surface area (Å²) >= 11 is 3.35. The average Bonchev–Trinajstić information content (AvgIpc) is 2.47. The van der Waals surface area contributed by atoms with Crippen LogP contribution in [0.1, 0.15) is 6.92 Å². The number of hydrogen-bond acceptors (Lipinski definition) is 4. The third kappa shape index (κ3) is 6.03. The number of benzene rings is 1. The molecule has 1 saturated heterocycles. The van der Waals surface area contributed by atoms with Crippen molar-refractivity contribution in [2.24, 2.45) is 0 Å². The van der Waals surface area contributed by atoms with E-state index in [9.17, 15) is 4.79 Å². The molecule has 0 spiro atoms. The maximum absolute atomic E-state index is 11.7. The van der Waals surface area contributed by atoms with Gasteiger partial charge in [0.1, 0.15) is 31.5 Å². The monoisotopic (exact) mass is 358 g/mol. The van der Waals surface area contributed by atoms with Gasteiger partial charge >= 0.3 is 5.97 Å². The summed E-state index contributed by atoms with van der Waals surface area (Å²) in [7, 11) is 0. The molecule has 0 saturated carbocycles. The van der Waals surface area contributed by atoms with Crippen LogP contribution in [-0.2, 0) is 14.3 Å². The number of quaternary nitrogens is 1. The van der Waals surface area contributed by atoms with Crippen LogP contribution in [0.4, 0.5) is 0 Å². The molecule has 2 rings (SSSR count). The summed E-state index contributed by atoms with van der Waals surface area (Å²) in [5.41, 5.74) is 0. The Labute approximate surface area is 133 Å². The summed E-state index contributed by atoms with van der Waals surface area (Å²) in [6, 6.07) is 7.34.